The lowest BCUT2D eigenvalue weighted by Crippen LogP contribution is -2.39. The molecule has 4 N–H and O–H groups in total. The Morgan fingerprint density at radius 2 is 1.94 bits per heavy atom. The zero-order chi connectivity index (χ0) is 26.5. The van der Waals surface area contributed by atoms with E-state index in [0.717, 1.165) is 11.3 Å². The molecular formula is C25H38N4O5S. The Morgan fingerprint density at radius 3 is 2.49 bits per heavy atom. The van der Waals surface area contributed by atoms with Gasteiger partial charge in [-0.05, 0) is 59.6 Å². The van der Waals surface area contributed by atoms with Gasteiger partial charge in [0.15, 0.2) is 5.78 Å². The molecule has 0 amide bonds. The monoisotopic (exact) mass is 506 g/mol. The van der Waals surface area contributed by atoms with Gasteiger partial charge in [0.1, 0.15) is 0 Å². The molecule has 2 heterocycles. The van der Waals surface area contributed by atoms with Gasteiger partial charge in [-0.3, -0.25) is 14.0 Å². The van der Waals surface area contributed by atoms with Crippen LogP contribution in [0.2, 0.25) is 0 Å². The highest BCUT2D eigenvalue weighted by atomic mass is 32.2. The fraction of sp³-hybridized carbons (Fsp3) is 0.600. The van der Waals surface area contributed by atoms with Gasteiger partial charge in [-0.25, -0.2) is 5.14 Å². The summed E-state index contributed by atoms with van der Waals surface area (Å²) in [7, 11) is -4.11. The number of carbonyl (C=O) groups excluding carboxylic acids is 1. The van der Waals surface area contributed by atoms with Crippen molar-refractivity contribution in [3.8, 4) is 0 Å². The Bertz CT molecular complexity index is 1230. The highest BCUT2D eigenvalue weighted by Crippen LogP contribution is 2.44. The van der Waals surface area contributed by atoms with E-state index in [9.17, 15) is 18.3 Å². The van der Waals surface area contributed by atoms with Crippen LogP contribution in [0.5, 0.6) is 0 Å². The number of carbonyl (C=O) groups is 1. The summed E-state index contributed by atoms with van der Waals surface area (Å²) in [6.45, 7) is 15.7. The maximum atomic E-state index is 13.8. The van der Waals surface area contributed by atoms with Crippen molar-refractivity contribution in [3.05, 3.63) is 46.5 Å². The SMILES string of the molecule is Cc1nccc(N[C@@H]2CC(COS(N)(=O)=O)C(O)C2(C)C)c1C(=O)c1cn(C(C)(C)C)c(C)c1C. The van der Waals surface area contributed by atoms with Crippen molar-refractivity contribution in [2.75, 3.05) is 11.9 Å². The van der Waals surface area contributed by atoms with Crippen LogP contribution in [0.25, 0.3) is 0 Å². The van der Waals surface area contributed by atoms with Crippen LogP contribution in [-0.4, -0.2) is 47.6 Å². The maximum absolute atomic E-state index is 13.8. The second kappa shape index (κ2) is 9.31. The van der Waals surface area contributed by atoms with Crippen molar-refractivity contribution >= 4 is 21.8 Å². The summed E-state index contributed by atoms with van der Waals surface area (Å²) in [5.41, 5.74) is 3.51. The minimum Gasteiger partial charge on any atom is -0.392 e. The number of nitrogens with two attached hydrogens (primary N) is 1. The van der Waals surface area contributed by atoms with Crippen LogP contribution in [0.3, 0.4) is 0 Å². The number of nitrogens with zero attached hydrogens (tertiary/aromatic N) is 2. The summed E-state index contributed by atoms with van der Waals surface area (Å²) in [6, 6.07) is 1.52. The highest BCUT2D eigenvalue weighted by Gasteiger charge is 2.49. The molecule has 1 aliphatic rings. The molecule has 1 aliphatic carbocycles. The zero-order valence-corrected chi connectivity index (χ0v) is 22.7. The molecule has 35 heavy (non-hydrogen) atoms. The molecule has 194 valence electrons. The van der Waals surface area contributed by atoms with Gasteiger partial charge in [0.2, 0.25) is 0 Å². The number of aliphatic hydroxyl groups is 1. The lowest BCUT2D eigenvalue weighted by molar-refractivity contribution is 0.0284. The minimum atomic E-state index is -4.11. The molecule has 0 spiro atoms. The Balaban J connectivity index is 1.96. The number of aryl methyl sites for hydroxylation is 1. The quantitative estimate of drug-likeness (QED) is 0.491. The summed E-state index contributed by atoms with van der Waals surface area (Å²) >= 11 is 0. The molecule has 1 saturated carbocycles. The topological polar surface area (TPSA) is 137 Å². The number of rotatable bonds is 7. The second-order valence-electron chi connectivity index (χ2n) is 11.2. The third-order valence-corrected chi connectivity index (χ3v) is 7.79. The summed E-state index contributed by atoms with van der Waals surface area (Å²) in [6.07, 6.45) is 3.17. The highest BCUT2D eigenvalue weighted by molar-refractivity contribution is 7.84. The average Bonchev–Trinajstić information content (AvgIpc) is 3.13. The number of pyridine rings is 1. The molecule has 2 aromatic rings. The average molecular weight is 507 g/mol. The normalized spacial score (nSPS) is 22.4. The third kappa shape index (κ3) is 5.45. The summed E-state index contributed by atoms with van der Waals surface area (Å²) in [5.74, 6) is -0.555. The van der Waals surface area contributed by atoms with Crippen LogP contribution in [0.15, 0.2) is 18.5 Å². The molecule has 0 radical (unpaired) electrons. The van der Waals surface area contributed by atoms with Crippen LogP contribution in [0.4, 0.5) is 5.69 Å². The smallest absolute Gasteiger partial charge is 0.333 e. The minimum absolute atomic E-state index is 0.118. The number of anilines is 1. The van der Waals surface area contributed by atoms with Gasteiger partial charge >= 0.3 is 10.3 Å². The number of aromatic nitrogens is 2. The van der Waals surface area contributed by atoms with Crippen LogP contribution < -0.4 is 10.5 Å². The first kappa shape index (κ1) is 27.3. The van der Waals surface area contributed by atoms with Gasteiger partial charge in [0.05, 0.1) is 24.0 Å². The van der Waals surface area contributed by atoms with Gasteiger partial charge in [-0.2, -0.15) is 8.42 Å². The summed E-state index contributed by atoms with van der Waals surface area (Å²) in [4.78, 5) is 18.2. The van der Waals surface area contributed by atoms with E-state index < -0.39 is 27.7 Å². The van der Waals surface area contributed by atoms with E-state index in [1.54, 1.807) is 19.2 Å². The van der Waals surface area contributed by atoms with Gasteiger partial charge in [-0.1, -0.05) is 13.8 Å². The summed E-state index contributed by atoms with van der Waals surface area (Å²) in [5, 5.41) is 19.3. The van der Waals surface area contributed by atoms with E-state index in [1.165, 1.54) is 0 Å². The van der Waals surface area contributed by atoms with Crippen LogP contribution >= 0.6 is 0 Å². The summed E-state index contributed by atoms with van der Waals surface area (Å²) < 4.78 is 29.4. The number of aliphatic hydroxyl groups excluding tert-OH is 1. The van der Waals surface area contributed by atoms with Crippen LogP contribution in [-0.2, 0) is 20.0 Å². The molecular weight excluding hydrogens is 468 g/mol. The third-order valence-electron chi connectivity index (χ3n) is 7.32. The Morgan fingerprint density at radius 1 is 1.31 bits per heavy atom. The molecule has 3 atom stereocenters. The molecule has 0 aliphatic heterocycles. The lowest BCUT2D eigenvalue weighted by Gasteiger charge is -2.32. The molecule has 0 bridgehead atoms. The van der Waals surface area contributed by atoms with E-state index in [4.69, 9.17) is 9.32 Å². The standard InChI is InChI=1S/C25H38N4O5S/c1-14-16(3)29(24(4,5)6)12-18(14)22(30)21-15(2)27-10-9-19(21)28-20-11-17(13-34-35(26,32)33)23(31)25(20,7)8/h9-10,12,17,20,23,31H,11,13H2,1-8H3,(H,27,28)(H2,26,32,33)/t17?,20-,23?/m1/s1. The molecule has 2 aromatic heterocycles. The number of hydrogen-bond donors (Lipinski definition) is 3. The van der Waals surface area contributed by atoms with Gasteiger partial charge in [0, 0.05) is 52.3 Å². The van der Waals surface area contributed by atoms with E-state index in [-0.39, 0.29) is 24.0 Å². The second-order valence-corrected chi connectivity index (χ2v) is 12.4. The Kier molecular flexibility index (Phi) is 7.27. The largest absolute Gasteiger partial charge is 0.392 e. The van der Waals surface area contributed by atoms with Gasteiger partial charge in [-0.15, -0.1) is 0 Å². The van der Waals surface area contributed by atoms with E-state index in [0.29, 0.717) is 28.9 Å². The maximum Gasteiger partial charge on any atom is 0.333 e. The van der Waals surface area contributed by atoms with E-state index >= 15 is 0 Å². The molecule has 0 aromatic carbocycles. The predicted octanol–water partition coefficient (Wildman–Crippen LogP) is 3.20. The number of hydrogen-bond acceptors (Lipinski definition) is 7. The first-order valence-corrected chi connectivity index (χ1v) is 13.2. The molecule has 10 heteroatoms. The van der Waals surface area contributed by atoms with E-state index in [1.807, 2.05) is 33.9 Å². The molecule has 9 nitrogen and oxygen atoms in total. The van der Waals surface area contributed by atoms with Crippen molar-refractivity contribution in [2.24, 2.45) is 16.5 Å². The molecule has 0 saturated heterocycles. The number of nitrogens with one attached hydrogen (secondary N) is 1. The van der Waals surface area contributed by atoms with Gasteiger partial charge < -0.3 is 15.0 Å². The predicted molar refractivity (Wildman–Crippen MR) is 136 cm³/mol. The first-order valence-electron chi connectivity index (χ1n) is 11.8. The van der Waals surface area contributed by atoms with Crippen molar-refractivity contribution in [1.82, 2.24) is 9.55 Å². The molecule has 2 unspecified atom stereocenters. The van der Waals surface area contributed by atoms with Crippen molar-refractivity contribution in [1.29, 1.82) is 0 Å². The van der Waals surface area contributed by atoms with Gasteiger partial charge in [0.25, 0.3) is 0 Å². The lowest BCUT2D eigenvalue weighted by atomic mass is 9.84. The molecule has 3 rings (SSSR count). The van der Waals surface area contributed by atoms with Crippen LogP contribution in [0.1, 0.15) is 73.9 Å². The van der Waals surface area contributed by atoms with E-state index in [2.05, 4.69) is 35.6 Å². The fourth-order valence-corrected chi connectivity index (χ4v) is 5.42. The number of ketones is 1. The first-order chi connectivity index (χ1) is 15.9. The fourth-order valence-electron chi connectivity index (χ4n) is 5.06. The Hall–Kier alpha value is -2.27. The van der Waals surface area contributed by atoms with Crippen molar-refractivity contribution < 1.29 is 22.5 Å². The van der Waals surface area contributed by atoms with Crippen molar-refractivity contribution in [3.63, 3.8) is 0 Å². The van der Waals surface area contributed by atoms with Crippen LogP contribution in [0, 0.1) is 32.1 Å². The molecule has 1 fully saturated rings. The zero-order valence-electron chi connectivity index (χ0n) is 21.8. The Labute approximate surface area is 208 Å². The van der Waals surface area contributed by atoms with Crippen molar-refractivity contribution in [2.45, 2.75) is 79.5 Å².